The van der Waals surface area contributed by atoms with Gasteiger partial charge in [-0.25, -0.2) is 0 Å². The van der Waals surface area contributed by atoms with Gasteiger partial charge >= 0.3 is 5.97 Å². The van der Waals surface area contributed by atoms with Gasteiger partial charge < -0.3 is 19.7 Å². The summed E-state index contributed by atoms with van der Waals surface area (Å²) in [6, 6.07) is 1.60. The molecular formula is C13H17BrO5. The number of halogens is 1. The lowest BCUT2D eigenvalue weighted by Gasteiger charge is -2.26. The summed E-state index contributed by atoms with van der Waals surface area (Å²) in [5.74, 6) is -0.172. The predicted octanol–water partition coefficient (Wildman–Crippen LogP) is 2.92. The summed E-state index contributed by atoms with van der Waals surface area (Å²) in [6.07, 6.45) is -0.109. The van der Waals surface area contributed by atoms with E-state index < -0.39 is 11.4 Å². The molecule has 2 N–H and O–H groups in total. The van der Waals surface area contributed by atoms with Gasteiger partial charge in [0.1, 0.15) is 10.2 Å². The van der Waals surface area contributed by atoms with E-state index in [1.165, 1.54) is 14.2 Å². The van der Waals surface area contributed by atoms with Gasteiger partial charge in [-0.3, -0.25) is 4.79 Å². The average Bonchev–Trinajstić information content (AvgIpc) is 2.30. The smallest absolute Gasteiger partial charge is 0.304 e. The molecule has 0 radical (unpaired) electrons. The van der Waals surface area contributed by atoms with Crippen molar-refractivity contribution < 1.29 is 24.5 Å². The Bertz CT molecular complexity index is 496. The van der Waals surface area contributed by atoms with Crippen LogP contribution in [0.2, 0.25) is 0 Å². The van der Waals surface area contributed by atoms with Gasteiger partial charge in [-0.05, 0) is 22.0 Å². The highest BCUT2D eigenvalue weighted by Crippen LogP contribution is 2.47. The van der Waals surface area contributed by atoms with Crippen molar-refractivity contribution in [1.82, 2.24) is 0 Å². The molecule has 0 unspecified atom stereocenters. The van der Waals surface area contributed by atoms with Gasteiger partial charge in [0.2, 0.25) is 0 Å². The van der Waals surface area contributed by atoms with Gasteiger partial charge in [-0.15, -0.1) is 0 Å². The molecule has 5 nitrogen and oxygen atoms in total. The van der Waals surface area contributed by atoms with E-state index in [4.69, 9.17) is 14.6 Å². The number of hydrogen-bond donors (Lipinski definition) is 2. The van der Waals surface area contributed by atoms with Crippen LogP contribution in [-0.2, 0) is 10.2 Å². The van der Waals surface area contributed by atoms with E-state index in [2.05, 4.69) is 15.9 Å². The minimum absolute atomic E-state index is 0.0381. The molecule has 0 atom stereocenters. The van der Waals surface area contributed by atoms with Crippen molar-refractivity contribution >= 4 is 21.9 Å². The third kappa shape index (κ3) is 3.12. The van der Waals surface area contributed by atoms with E-state index in [1.807, 2.05) is 0 Å². The number of carboxylic acid groups (broad SMARTS) is 1. The monoisotopic (exact) mass is 332 g/mol. The third-order valence-electron chi connectivity index (χ3n) is 2.91. The van der Waals surface area contributed by atoms with Crippen LogP contribution in [0.15, 0.2) is 10.5 Å². The summed E-state index contributed by atoms with van der Waals surface area (Å²) in [6.45, 7) is 3.49. The number of aromatic hydroxyl groups is 1. The summed E-state index contributed by atoms with van der Waals surface area (Å²) in [4.78, 5) is 10.9. The Kier molecular flexibility index (Phi) is 4.68. The summed E-state index contributed by atoms with van der Waals surface area (Å²) < 4.78 is 10.7. The molecular weight excluding hydrogens is 316 g/mol. The number of ether oxygens (including phenoxy) is 2. The zero-order valence-electron chi connectivity index (χ0n) is 11.3. The maximum Gasteiger partial charge on any atom is 0.304 e. The highest BCUT2D eigenvalue weighted by atomic mass is 79.9. The first-order chi connectivity index (χ1) is 8.74. The van der Waals surface area contributed by atoms with Crippen molar-refractivity contribution in [3.8, 4) is 17.2 Å². The number of methoxy groups -OCH3 is 2. The molecule has 0 bridgehead atoms. The normalized spacial score (nSPS) is 11.2. The van der Waals surface area contributed by atoms with Crippen LogP contribution in [0, 0.1) is 0 Å². The van der Waals surface area contributed by atoms with Crippen molar-refractivity contribution in [1.29, 1.82) is 0 Å². The molecule has 0 fully saturated rings. The standard InChI is InChI=1S/C13H17BrO5/c1-13(2,6-9(15)16)7-5-8(18-3)12(19-4)10(14)11(7)17/h5,17H,6H2,1-4H3,(H,15,16). The maximum atomic E-state index is 10.9. The highest BCUT2D eigenvalue weighted by molar-refractivity contribution is 9.10. The molecule has 1 rings (SSSR count). The maximum absolute atomic E-state index is 10.9. The molecule has 6 heteroatoms. The molecule has 106 valence electrons. The van der Waals surface area contributed by atoms with E-state index in [1.54, 1.807) is 19.9 Å². The van der Waals surface area contributed by atoms with Crippen LogP contribution in [0.5, 0.6) is 17.2 Å². The first-order valence-corrected chi connectivity index (χ1v) is 6.39. The van der Waals surface area contributed by atoms with Gasteiger partial charge in [0.25, 0.3) is 0 Å². The number of phenolic OH excluding ortho intramolecular Hbond substituents is 1. The van der Waals surface area contributed by atoms with Crippen molar-refractivity contribution in [3.05, 3.63) is 16.1 Å². The number of hydrogen-bond acceptors (Lipinski definition) is 4. The molecule has 0 heterocycles. The summed E-state index contributed by atoms with van der Waals surface area (Å²) in [5.41, 5.74) is -0.253. The molecule has 19 heavy (non-hydrogen) atoms. The second-order valence-electron chi connectivity index (χ2n) is 4.78. The summed E-state index contributed by atoms with van der Waals surface area (Å²) in [7, 11) is 2.94. The van der Waals surface area contributed by atoms with E-state index in [0.29, 0.717) is 21.5 Å². The van der Waals surface area contributed by atoms with Gasteiger partial charge in [0.15, 0.2) is 11.5 Å². The SMILES string of the molecule is COc1cc(C(C)(C)CC(=O)O)c(O)c(Br)c1OC. The van der Waals surface area contributed by atoms with Gasteiger partial charge in [-0.2, -0.15) is 0 Å². The van der Waals surface area contributed by atoms with Crippen LogP contribution in [0.25, 0.3) is 0 Å². The van der Waals surface area contributed by atoms with Crippen LogP contribution in [0.1, 0.15) is 25.8 Å². The number of benzene rings is 1. The molecule has 0 spiro atoms. The second kappa shape index (κ2) is 5.69. The number of phenols is 1. The van der Waals surface area contributed by atoms with Gasteiger partial charge in [-0.1, -0.05) is 13.8 Å². The number of aliphatic carboxylic acids is 1. The Balaban J connectivity index is 3.45. The molecule has 0 amide bonds. The molecule has 1 aromatic rings. The fourth-order valence-electron chi connectivity index (χ4n) is 1.93. The highest BCUT2D eigenvalue weighted by Gasteiger charge is 2.30. The Morgan fingerprint density at radius 1 is 1.37 bits per heavy atom. The minimum atomic E-state index is -0.935. The van der Waals surface area contributed by atoms with Gasteiger partial charge in [0.05, 0.1) is 20.6 Å². The van der Waals surface area contributed by atoms with E-state index in [9.17, 15) is 9.90 Å². The Hall–Kier alpha value is -1.43. The predicted molar refractivity (Wildman–Crippen MR) is 74.2 cm³/mol. The van der Waals surface area contributed by atoms with Crippen LogP contribution in [0.3, 0.4) is 0 Å². The first-order valence-electron chi connectivity index (χ1n) is 5.60. The van der Waals surface area contributed by atoms with Crippen LogP contribution in [0.4, 0.5) is 0 Å². The molecule has 0 saturated carbocycles. The first kappa shape index (κ1) is 15.6. The minimum Gasteiger partial charge on any atom is -0.506 e. The fourth-order valence-corrected chi connectivity index (χ4v) is 2.50. The van der Waals surface area contributed by atoms with Crippen LogP contribution in [-0.4, -0.2) is 30.4 Å². The Morgan fingerprint density at radius 2 is 1.95 bits per heavy atom. The second-order valence-corrected chi connectivity index (χ2v) is 5.57. The lowest BCUT2D eigenvalue weighted by molar-refractivity contribution is -0.138. The van der Waals surface area contributed by atoms with E-state index in [0.717, 1.165) is 0 Å². The lowest BCUT2D eigenvalue weighted by atomic mass is 9.81. The van der Waals surface area contributed by atoms with E-state index in [-0.39, 0.29) is 12.2 Å². The molecule has 0 aromatic heterocycles. The van der Waals surface area contributed by atoms with Crippen LogP contribution < -0.4 is 9.47 Å². The topological polar surface area (TPSA) is 76.0 Å². The Morgan fingerprint density at radius 3 is 2.37 bits per heavy atom. The van der Waals surface area contributed by atoms with Crippen molar-refractivity contribution in [2.24, 2.45) is 0 Å². The van der Waals surface area contributed by atoms with Crippen molar-refractivity contribution in [2.45, 2.75) is 25.7 Å². The molecule has 0 aliphatic carbocycles. The van der Waals surface area contributed by atoms with Crippen molar-refractivity contribution in [2.75, 3.05) is 14.2 Å². The van der Waals surface area contributed by atoms with E-state index >= 15 is 0 Å². The number of carboxylic acids is 1. The zero-order chi connectivity index (χ0) is 14.8. The molecule has 0 aliphatic rings. The summed E-state index contributed by atoms with van der Waals surface area (Å²) in [5, 5.41) is 19.2. The average molecular weight is 333 g/mol. The van der Waals surface area contributed by atoms with Crippen LogP contribution >= 0.6 is 15.9 Å². The van der Waals surface area contributed by atoms with Crippen molar-refractivity contribution in [3.63, 3.8) is 0 Å². The fraction of sp³-hybridized carbons (Fsp3) is 0.462. The number of rotatable bonds is 5. The molecule has 0 saturated heterocycles. The molecule has 1 aromatic carbocycles. The number of carbonyl (C=O) groups is 1. The zero-order valence-corrected chi connectivity index (χ0v) is 12.9. The van der Waals surface area contributed by atoms with Gasteiger partial charge in [0, 0.05) is 11.0 Å². The summed E-state index contributed by atoms with van der Waals surface area (Å²) >= 11 is 3.24. The molecule has 0 aliphatic heterocycles. The Labute approximate surface area is 120 Å². The third-order valence-corrected chi connectivity index (χ3v) is 3.64. The largest absolute Gasteiger partial charge is 0.506 e. The quantitative estimate of drug-likeness (QED) is 0.866. The lowest BCUT2D eigenvalue weighted by Crippen LogP contribution is -2.22.